The van der Waals surface area contributed by atoms with Crippen LogP contribution in [0.25, 0.3) is 0 Å². The van der Waals surface area contributed by atoms with Crippen molar-refractivity contribution < 1.29 is 48.1 Å². The van der Waals surface area contributed by atoms with Gasteiger partial charge in [0.2, 0.25) is 0 Å². The maximum Gasteiger partial charge on any atom is 1.00 e. The van der Waals surface area contributed by atoms with Gasteiger partial charge in [-0.3, -0.25) is 0 Å². The van der Waals surface area contributed by atoms with Gasteiger partial charge < -0.3 is 13.9 Å². The van der Waals surface area contributed by atoms with Crippen LogP contribution < -0.4 is 43.5 Å². The zero-order chi connectivity index (χ0) is 28.1. The molecule has 4 nitrogen and oxygen atoms in total. The van der Waals surface area contributed by atoms with Crippen molar-refractivity contribution in [2.45, 2.75) is 152 Å². The van der Waals surface area contributed by atoms with E-state index in [0.717, 1.165) is 36.8 Å². The molecule has 0 unspecified atom stereocenters. The van der Waals surface area contributed by atoms with Crippen LogP contribution in [0.2, 0.25) is 0 Å². The Labute approximate surface area is 276 Å². The summed E-state index contributed by atoms with van der Waals surface area (Å²) < 4.78 is 25.4. The summed E-state index contributed by atoms with van der Waals surface area (Å²) in [6.45, 7) is 0. The SMILES string of the molecule is O=P([O-])(Oc1ccc(C2CCCCC2)cc1C1CCCCC1)Oc1ccc(C2CCCCC2)cc1C1CCCCC1.[Na+]. The van der Waals surface area contributed by atoms with Crippen molar-refractivity contribution in [1.82, 2.24) is 0 Å². The van der Waals surface area contributed by atoms with Gasteiger partial charge >= 0.3 is 37.4 Å². The summed E-state index contributed by atoms with van der Waals surface area (Å²) in [4.78, 5) is 13.6. The molecule has 0 heterocycles. The normalized spacial score (nSPS) is 21.9. The fraction of sp³-hybridized carbons (Fsp3) is 0.667. The topological polar surface area (TPSA) is 58.6 Å². The van der Waals surface area contributed by atoms with Gasteiger partial charge in [0.1, 0.15) is 11.5 Å². The Morgan fingerprint density at radius 3 is 1.14 bits per heavy atom. The molecule has 2 aromatic carbocycles. The standard InChI is InChI=1S/C36H51O4P.Na/c37-41(38,39-35-23-21-31(27-13-5-1-6-14-27)25-33(35)29-17-9-3-10-18-29)40-36-24-22-32(28-15-7-2-8-16-28)26-34(36)30-19-11-4-12-20-30;/h21-30H,1-20H2,(H,37,38);/q;+1/p-1. The summed E-state index contributed by atoms with van der Waals surface area (Å²) in [5.74, 6) is 2.83. The first kappa shape index (κ1) is 32.6. The van der Waals surface area contributed by atoms with Crippen LogP contribution in [-0.2, 0) is 4.57 Å². The summed E-state index contributed by atoms with van der Waals surface area (Å²) >= 11 is 0. The Kier molecular flexibility index (Phi) is 12.0. The summed E-state index contributed by atoms with van der Waals surface area (Å²) in [5, 5.41) is 0. The van der Waals surface area contributed by atoms with Gasteiger partial charge in [-0.25, -0.2) is 4.57 Å². The molecule has 6 rings (SSSR count). The van der Waals surface area contributed by atoms with Gasteiger partial charge in [-0.05, 0) is 109 Å². The molecule has 4 aliphatic rings. The van der Waals surface area contributed by atoms with Crippen LogP contribution >= 0.6 is 7.82 Å². The smallest absolute Gasteiger partial charge is 0.736 e. The first-order chi connectivity index (χ1) is 20.1. The summed E-state index contributed by atoms with van der Waals surface area (Å²) in [6, 6.07) is 12.7. The Balaban J connectivity index is 0.00000353. The van der Waals surface area contributed by atoms with E-state index in [1.54, 1.807) is 0 Å². The molecule has 0 aliphatic heterocycles. The van der Waals surface area contributed by atoms with Gasteiger partial charge in [0.05, 0.1) is 0 Å². The van der Waals surface area contributed by atoms with Crippen LogP contribution in [-0.4, -0.2) is 0 Å². The minimum atomic E-state index is -4.64. The van der Waals surface area contributed by atoms with Gasteiger partial charge in [0, 0.05) is 0 Å². The molecule has 42 heavy (non-hydrogen) atoms. The first-order valence-corrected chi connectivity index (χ1v) is 18.5. The molecule has 4 saturated carbocycles. The van der Waals surface area contributed by atoms with E-state index >= 15 is 0 Å². The van der Waals surface area contributed by atoms with Gasteiger partial charge in [-0.2, -0.15) is 0 Å². The van der Waals surface area contributed by atoms with Gasteiger partial charge in [-0.15, -0.1) is 0 Å². The number of hydrogen-bond donors (Lipinski definition) is 0. The number of benzene rings is 2. The molecule has 2 aromatic rings. The molecule has 0 aromatic heterocycles. The predicted octanol–water partition coefficient (Wildman–Crippen LogP) is 7.81. The Morgan fingerprint density at radius 2 is 0.810 bits per heavy atom. The van der Waals surface area contributed by atoms with Crippen LogP contribution in [0, 0.1) is 0 Å². The number of phosphoric acid groups is 1. The van der Waals surface area contributed by atoms with Crippen LogP contribution in [0.5, 0.6) is 11.5 Å². The van der Waals surface area contributed by atoms with E-state index in [9.17, 15) is 9.46 Å². The fourth-order valence-corrected chi connectivity index (χ4v) is 9.26. The van der Waals surface area contributed by atoms with Crippen LogP contribution in [0.4, 0.5) is 0 Å². The zero-order valence-corrected chi connectivity index (χ0v) is 28.9. The molecule has 0 radical (unpaired) electrons. The third kappa shape index (κ3) is 8.28. The molecule has 0 amide bonds. The minimum absolute atomic E-state index is 0. The molecule has 224 valence electrons. The Bertz CT molecular complexity index is 1100. The predicted molar refractivity (Wildman–Crippen MR) is 165 cm³/mol. The quantitative estimate of drug-likeness (QED) is 0.229. The first-order valence-electron chi connectivity index (χ1n) is 17.0. The molecule has 4 fully saturated rings. The maximum atomic E-state index is 13.6. The fourth-order valence-electron chi connectivity index (χ4n) is 8.40. The van der Waals surface area contributed by atoms with E-state index in [4.69, 9.17) is 9.05 Å². The van der Waals surface area contributed by atoms with Crippen molar-refractivity contribution in [3.05, 3.63) is 58.7 Å². The van der Waals surface area contributed by atoms with Crippen LogP contribution in [0.1, 0.15) is 174 Å². The second kappa shape index (κ2) is 15.5. The number of phosphoric ester groups is 1. The maximum absolute atomic E-state index is 13.6. The average Bonchev–Trinajstić information content (AvgIpc) is 3.03. The molecule has 0 spiro atoms. The number of rotatable bonds is 8. The van der Waals surface area contributed by atoms with Crippen molar-refractivity contribution in [2.24, 2.45) is 0 Å². The van der Waals surface area contributed by atoms with E-state index < -0.39 is 7.82 Å². The van der Waals surface area contributed by atoms with Gasteiger partial charge in [0.25, 0.3) is 0 Å². The Morgan fingerprint density at radius 1 is 0.500 bits per heavy atom. The molecule has 6 heteroatoms. The van der Waals surface area contributed by atoms with E-state index in [1.807, 2.05) is 12.1 Å². The molecule has 0 atom stereocenters. The minimum Gasteiger partial charge on any atom is -0.736 e. The summed E-state index contributed by atoms with van der Waals surface area (Å²) in [5.41, 5.74) is 4.87. The summed E-state index contributed by atoms with van der Waals surface area (Å²) in [7, 11) is -4.64. The van der Waals surface area contributed by atoms with E-state index in [0.29, 0.717) is 35.2 Å². The zero-order valence-electron chi connectivity index (χ0n) is 26.0. The molecule has 0 saturated heterocycles. The van der Waals surface area contributed by atoms with Crippen LogP contribution in [0.15, 0.2) is 36.4 Å². The Hall–Kier alpha value is -0.770. The monoisotopic (exact) mass is 600 g/mol. The van der Waals surface area contributed by atoms with Crippen molar-refractivity contribution in [3.8, 4) is 11.5 Å². The second-order valence-electron chi connectivity index (χ2n) is 13.6. The third-order valence-corrected chi connectivity index (χ3v) is 11.6. The average molecular weight is 601 g/mol. The molecular formula is C36H50NaO4P. The van der Waals surface area contributed by atoms with E-state index in [-0.39, 0.29) is 29.6 Å². The molecule has 4 aliphatic carbocycles. The summed E-state index contributed by atoms with van der Waals surface area (Å²) in [6.07, 6.45) is 24.4. The molecule has 0 bridgehead atoms. The van der Waals surface area contributed by atoms with Gasteiger partial charge in [-0.1, -0.05) is 101 Å². The van der Waals surface area contributed by atoms with Crippen molar-refractivity contribution in [2.75, 3.05) is 0 Å². The second-order valence-corrected chi connectivity index (χ2v) is 14.8. The third-order valence-electron chi connectivity index (χ3n) is 10.7. The van der Waals surface area contributed by atoms with Crippen LogP contribution in [0.3, 0.4) is 0 Å². The van der Waals surface area contributed by atoms with E-state index in [1.165, 1.54) is 114 Å². The van der Waals surface area contributed by atoms with Crippen molar-refractivity contribution in [3.63, 3.8) is 0 Å². The van der Waals surface area contributed by atoms with Crippen molar-refractivity contribution >= 4 is 7.82 Å². The molecule has 0 N–H and O–H groups in total. The van der Waals surface area contributed by atoms with Crippen molar-refractivity contribution in [1.29, 1.82) is 0 Å². The number of hydrogen-bond acceptors (Lipinski definition) is 4. The molecular weight excluding hydrogens is 550 g/mol. The van der Waals surface area contributed by atoms with E-state index in [2.05, 4.69) is 24.3 Å². The van der Waals surface area contributed by atoms with Gasteiger partial charge in [0.15, 0.2) is 0 Å². The largest absolute Gasteiger partial charge is 1.00 e.